The first kappa shape index (κ1) is 23.6. The maximum absolute atomic E-state index is 12.6. The fourth-order valence-electron chi connectivity index (χ4n) is 5.81. The van der Waals surface area contributed by atoms with Gasteiger partial charge in [0.15, 0.2) is 5.82 Å². The predicted molar refractivity (Wildman–Crippen MR) is 138 cm³/mol. The van der Waals surface area contributed by atoms with Crippen molar-refractivity contribution in [1.82, 2.24) is 25.2 Å². The zero-order valence-corrected chi connectivity index (χ0v) is 20.7. The van der Waals surface area contributed by atoms with E-state index in [1.165, 1.54) is 12.1 Å². The van der Waals surface area contributed by atoms with Crippen molar-refractivity contribution in [3.8, 4) is 11.4 Å². The van der Waals surface area contributed by atoms with E-state index >= 15 is 0 Å². The second-order valence-electron chi connectivity index (χ2n) is 9.91. The normalized spacial score (nSPS) is 23.4. The van der Waals surface area contributed by atoms with Gasteiger partial charge in [0.05, 0.1) is 0 Å². The van der Waals surface area contributed by atoms with Crippen LogP contribution in [-0.2, 0) is 0 Å². The summed E-state index contributed by atoms with van der Waals surface area (Å²) in [6, 6.07) is 16.1. The molecule has 6 rings (SSSR count). The molecule has 0 aliphatic carbocycles. The zero-order valence-electron chi connectivity index (χ0n) is 20.7. The predicted octanol–water partition coefficient (Wildman–Crippen LogP) is 5.05. The van der Waals surface area contributed by atoms with Crippen molar-refractivity contribution >= 4 is 5.91 Å². The molecule has 6 nitrogen and oxygen atoms in total. The van der Waals surface area contributed by atoms with Crippen LogP contribution in [0.25, 0.3) is 11.4 Å². The minimum Gasteiger partial charge on any atom is -0.350 e. The lowest BCUT2D eigenvalue weighted by molar-refractivity contribution is 0.0290. The van der Waals surface area contributed by atoms with Gasteiger partial charge in [-0.25, -0.2) is 9.97 Å². The number of nitrogens with one attached hydrogen (secondary N) is 1. The van der Waals surface area contributed by atoms with Crippen LogP contribution in [0.4, 0.5) is 0 Å². The van der Waals surface area contributed by atoms with Crippen molar-refractivity contribution in [2.24, 2.45) is 5.92 Å². The average Bonchev–Trinajstić information content (AvgIpc) is 2.93. The summed E-state index contributed by atoms with van der Waals surface area (Å²) in [6.45, 7) is 7.26. The van der Waals surface area contributed by atoms with Gasteiger partial charge in [-0.15, -0.1) is 0 Å². The molecule has 5 heterocycles. The largest absolute Gasteiger partial charge is 0.350 e. The third-order valence-electron chi connectivity index (χ3n) is 7.90. The Balaban J connectivity index is 1.34. The van der Waals surface area contributed by atoms with Crippen LogP contribution in [-0.4, -0.2) is 51.4 Å². The van der Waals surface area contributed by atoms with Gasteiger partial charge in [-0.2, -0.15) is 0 Å². The van der Waals surface area contributed by atoms with Gasteiger partial charge in [0.2, 0.25) is 0 Å². The summed E-state index contributed by atoms with van der Waals surface area (Å²) in [7, 11) is 0. The summed E-state index contributed by atoms with van der Waals surface area (Å²) in [5.41, 5.74) is 4.09. The first-order valence-electron chi connectivity index (χ1n) is 13.0. The number of aromatic nitrogens is 3. The minimum absolute atomic E-state index is 0.0115. The number of nitrogens with zero attached hydrogens (tertiary/aromatic N) is 4. The Morgan fingerprint density at radius 1 is 1.09 bits per heavy atom. The molecule has 3 aliphatic heterocycles. The molecule has 0 radical (unpaired) electrons. The summed E-state index contributed by atoms with van der Waals surface area (Å²) in [4.78, 5) is 29.4. The lowest BCUT2D eigenvalue weighted by Gasteiger charge is -2.49. The van der Waals surface area contributed by atoms with E-state index in [4.69, 9.17) is 9.97 Å². The maximum atomic E-state index is 12.6. The summed E-state index contributed by atoms with van der Waals surface area (Å²) >= 11 is 0. The Hall–Kier alpha value is -3.12. The number of fused-ring (bicyclic) bond motifs is 3. The van der Waals surface area contributed by atoms with Crippen molar-refractivity contribution in [2.45, 2.75) is 57.4 Å². The summed E-state index contributed by atoms with van der Waals surface area (Å²) in [5, 5.41) is 3.17. The van der Waals surface area contributed by atoms with E-state index in [9.17, 15) is 4.79 Å². The molecule has 2 bridgehead atoms. The molecule has 0 saturated carbocycles. The van der Waals surface area contributed by atoms with Crippen LogP contribution in [0.3, 0.4) is 0 Å². The monoisotopic (exact) mass is 469 g/mol. The molecular weight excluding hydrogens is 434 g/mol. The van der Waals surface area contributed by atoms with E-state index < -0.39 is 0 Å². The molecule has 1 N–H and O–H groups in total. The molecule has 3 saturated heterocycles. The zero-order chi connectivity index (χ0) is 24.2. The van der Waals surface area contributed by atoms with Crippen molar-refractivity contribution in [3.05, 3.63) is 77.9 Å². The van der Waals surface area contributed by atoms with Gasteiger partial charge in [-0.1, -0.05) is 32.0 Å². The Kier molecular flexibility index (Phi) is 7.19. The van der Waals surface area contributed by atoms with E-state index in [1.54, 1.807) is 0 Å². The maximum Gasteiger partial charge on any atom is 0.251 e. The molecule has 0 spiro atoms. The number of pyridine rings is 1. The van der Waals surface area contributed by atoms with Crippen LogP contribution in [0.1, 0.15) is 73.1 Å². The molecule has 3 aliphatic rings. The van der Waals surface area contributed by atoms with Gasteiger partial charge >= 0.3 is 0 Å². The molecule has 3 fully saturated rings. The van der Waals surface area contributed by atoms with E-state index in [0.717, 1.165) is 55.0 Å². The number of rotatable bonds is 8. The molecule has 1 amide bonds. The number of hydrogen-bond donors (Lipinski definition) is 1. The third kappa shape index (κ3) is 5.13. The van der Waals surface area contributed by atoms with Gasteiger partial charge in [-0.05, 0) is 68.5 Å². The smallest absolute Gasteiger partial charge is 0.251 e. The number of hydrogen-bond acceptors (Lipinski definition) is 5. The molecular formula is C29H35N5O. The fourth-order valence-corrected chi connectivity index (χ4v) is 5.81. The summed E-state index contributed by atoms with van der Waals surface area (Å²) < 4.78 is 0. The lowest BCUT2D eigenvalue weighted by atomic mass is 9.74. The van der Waals surface area contributed by atoms with Crippen LogP contribution in [0.2, 0.25) is 0 Å². The molecule has 35 heavy (non-hydrogen) atoms. The van der Waals surface area contributed by atoms with E-state index in [2.05, 4.69) is 35.1 Å². The first-order chi connectivity index (χ1) is 17.2. The van der Waals surface area contributed by atoms with Gasteiger partial charge < -0.3 is 5.32 Å². The van der Waals surface area contributed by atoms with Crippen LogP contribution in [0.5, 0.6) is 0 Å². The molecule has 6 heteroatoms. The van der Waals surface area contributed by atoms with Crippen LogP contribution >= 0.6 is 0 Å². The Morgan fingerprint density at radius 3 is 2.54 bits per heavy atom. The van der Waals surface area contributed by atoms with E-state index in [0.29, 0.717) is 30.3 Å². The van der Waals surface area contributed by atoms with Crippen LogP contribution in [0, 0.1) is 5.92 Å². The molecule has 182 valence electrons. The average molecular weight is 470 g/mol. The quantitative estimate of drug-likeness (QED) is 0.500. The second-order valence-corrected chi connectivity index (χ2v) is 9.91. The van der Waals surface area contributed by atoms with Gasteiger partial charge in [-0.3, -0.25) is 14.7 Å². The van der Waals surface area contributed by atoms with E-state index in [-0.39, 0.29) is 5.91 Å². The molecule has 4 atom stereocenters. The summed E-state index contributed by atoms with van der Waals surface area (Å²) in [6.07, 6.45) is 8.05. The highest BCUT2D eigenvalue weighted by Crippen LogP contribution is 2.42. The first-order valence-corrected chi connectivity index (χ1v) is 13.0. The highest BCUT2D eigenvalue weighted by Gasteiger charge is 2.41. The van der Waals surface area contributed by atoms with Crippen LogP contribution < -0.4 is 5.32 Å². The van der Waals surface area contributed by atoms with Crippen molar-refractivity contribution in [3.63, 3.8) is 0 Å². The number of carbonyl (C=O) groups is 1. The number of benzene rings is 1. The Morgan fingerprint density at radius 2 is 1.86 bits per heavy atom. The molecule has 1 aromatic carbocycles. The third-order valence-corrected chi connectivity index (χ3v) is 7.90. The topological polar surface area (TPSA) is 71.0 Å². The molecule has 1 unspecified atom stereocenters. The second kappa shape index (κ2) is 10.6. The Bertz CT molecular complexity index is 1130. The lowest BCUT2D eigenvalue weighted by Crippen LogP contribution is -2.56. The highest BCUT2D eigenvalue weighted by molar-refractivity contribution is 5.94. The number of carbonyl (C=O) groups excluding carboxylic acids is 1. The van der Waals surface area contributed by atoms with Gasteiger partial charge in [0.25, 0.3) is 5.91 Å². The summed E-state index contributed by atoms with van der Waals surface area (Å²) in [5.74, 6) is 2.25. The van der Waals surface area contributed by atoms with Crippen molar-refractivity contribution in [2.75, 3.05) is 19.6 Å². The molecule has 2 aromatic heterocycles. The van der Waals surface area contributed by atoms with Crippen LogP contribution in [0.15, 0.2) is 60.9 Å². The fraction of sp³-hybridized carbons (Fsp3) is 0.448. The van der Waals surface area contributed by atoms with Crippen molar-refractivity contribution in [1.29, 1.82) is 0 Å². The number of amides is 1. The Labute approximate surface area is 208 Å². The van der Waals surface area contributed by atoms with Crippen molar-refractivity contribution < 1.29 is 4.79 Å². The number of piperidine rings is 3. The highest BCUT2D eigenvalue weighted by atomic mass is 16.1. The van der Waals surface area contributed by atoms with E-state index in [1.807, 2.05) is 54.9 Å². The standard InChI is InChI=1S/C29H35N5O/c1-3-20(4-2)26-17-27(33-28(32-26)21-10-13-30-14-11-21)25-19-34-15-12-23(25)16-24(34)18-31-29(35)22-8-6-5-7-9-22/h5-11,13-14,17,20,23-25H,3-4,12,15-16,18-19H2,1-2H3,(H,31,35)/t23-,24+,25-/m0/s1. The SMILES string of the molecule is CCC(CC)c1cc([C@H]2CN3CC[C@H]2C[C@@H]3CNC(=O)c2ccccc2)nc(-c2ccncc2)n1. The minimum atomic E-state index is 0.0115. The molecule has 3 aromatic rings. The van der Waals surface area contributed by atoms with Gasteiger partial charge in [0, 0.05) is 65.9 Å². The van der Waals surface area contributed by atoms with Gasteiger partial charge in [0.1, 0.15) is 0 Å².